The minimum Gasteiger partial charge on any atom is -0.376 e. The number of thioether (sulfide) groups is 1. The molecule has 1 aliphatic rings. The first-order valence-electron chi connectivity index (χ1n) is 12.1. The highest BCUT2D eigenvalue weighted by molar-refractivity contribution is 7.99. The number of rotatable bonds is 12. The van der Waals surface area contributed by atoms with Crippen molar-refractivity contribution in [3.63, 3.8) is 0 Å². The molecule has 1 aliphatic carbocycles. The van der Waals surface area contributed by atoms with Gasteiger partial charge in [0.15, 0.2) is 0 Å². The highest BCUT2D eigenvalue weighted by Gasteiger charge is 2.28. The zero-order valence-corrected chi connectivity index (χ0v) is 22.3. The third-order valence-corrected chi connectivity index (χ3v) is 8.68. The van der Waals surface area contributed by atoms with Crippen LogP contribution in [0.3, 0.4) is 0 Å². The first-order chi connectivity index (χ1) is 17.2. The van der Waals surface area contributed by atoms with Crippen molar-refractivity contribution >= 4 is 39.1 Å². The third kappa shape index (κ3) is 8.21. The molecule has 0 aliphatic heterocycles. The van der Waals surface area contributed by atoms with Crippen LogP contribution in [0.25, 0.3) is 0 Å². The summed E-state index contributed by atoms with van der Waals surface area (Å²) in [5, 5.41) is 15.1. The van der Waals surface area contributed by atoms with Gasteiger partial charge in [-0.3, -0.25) is 14.9 Å². The Balaban J connectivity index is 1.77. The number of hydrogen-bond donors (Lipinski definition) is 2. The zero-order valence-electron chi connectivity index (χ0n) is 20.7. The SMILES string of the molecule is CN(C)CC[C@H](CSc1ccccc1)Nc1ccc(S(=O)(=O)NC(=O)C2CCCCC2)cc1[N+](=O)[O-]. The molecule has 0 radical (unpaired) electrons. The second-order valence-electron chi connectivity index (χ2n) is 9.30. The summed E-state index contributed by atoms with van der Waals surface area (Å²) in [7, 11) is -0.294. The van der Waals surface area contributed by atoms with E-state index in [1.807, 2.05) is 49.3 Å². The van der Waals surface area contributed by atoms with Crippen molar-refractivity contribution in [2.75, 3.05) is 31.7 Å². The van der Waals surface area contributed by atoms with Gasteiger partial charge in [0.05, 0.1) is 9.82 Å². The average molecular weight is 535 g/mol. The second kappa shape index (κ2) is 13.1. The van der Waals surface area contributed by atoms with Gasteiger partial charge >= 0.3 is 0 Å². The highest BCUT2D eigenvalue weighted by atomic mass is 32.2. The quantitative estimate of drug-likeness (QED) is 0.232. The number of carbonyl (C=O) groups is 1. The molecule has 196 valence electrons. The number of benzene rings is 2. The lowest BCUT2D eigenvalue weighted by Gasteiger charge is -2.22. The van der Waals surface area contributed by atoms with Crippen molar-refractivity contribution in [2.45, 2.75) is 54.4 Å². The number of carbonyl (C=O) groups excluding carboxylic acids is 1. The Labute approximate surface area is 217 Å². The molecular formula is C25H34N4O5S2. The first-order valence-corrected chi connectivity index (χ1v) is 14.6. The van der Waals surface area contributed by atoms with Crippen LogP contribution in [0.15, 0.2) is 58.3 Å². The predicted molar refractivity (Wildman–Crippen MR) is 143 cm³/mol. The third-order valence-electron chi connectivity index (χ3n) is 6.17. The predicted octanol–water partition coefficient (Wildman–Crippen LogP) is 4.50. The van der Waals surface area contributed by atoms with Crippen LogP contribution in [0.2, 0.25) is 0 Å². The molecule has 2 N–H and O–H groups in total. The smallest absolute Gasteiger partial charge is 0.293 e. The molecule has 2 aromatic carbocycles. The minimum atomic E-state index is -4.22. The van der Waals surface area contributed by atoms with E-state index >= 15 is 0 Å². The summed E-state index contributed by atoms with van der Waals surface area (Å²) in [4.78, 5) is 26.6. The largest absolute Gasteiger partial charge is 0.376 e. The van der Waals surface area contributed by atoms with Gasteiger partial charge in [-0.2, -0.15) is 0 Å². The number of sulfonamides is 1. The molecule has 1 amide bonds. The van der Waals surface area contributed by atoms with Gasteiger partial charge < -0.3 is 10.2 Å². The molecule has 1 atom stereocenters. The van der Waals surface area contributed by atoms with Crippen LogP contribution in [0.5, 0.6) is 0 Å². The number of anilines is 1. The van der Waals surface area contributed by atoms with Gasteiger partial charge in [-0.25, -0.2) is 13.1 Å². The van der Waals surface area contributed by atoms with Gasteiger partial charge in [0.1, 0.15) is 5.69 Å². The van der Waals surface area contributed by atoms with E-state index in [0.29, 0.717) is 18.6 Å². The number of nitro groups is 1. The summed E-state index contributed by atoms with van der Waals surface area (Å²) in [5.74, 6) is -0.211. The first kappa shape index (κ1) is 27.9. The number of amides is 1. The Morgan fingerprint density at radius 1 is 1.14 bits per heavy atom. The second-order valence-corrected chi connectivity index (χ2v) is 12.1. The van der Waals surface area contributed by atoms with E-state index in [1.54, 1.807) is 11.8 Å². The molecule has 2 aromatic rings. The number of nitrogens with zero attached hydrogens (tertiary/aromatic N) is 2. The van der Waals surface area contributed by atoms with Crippen LogP contribution in [0.1, 0.15) is 38.5 Å². The van der Waals surface area contributed by atoms with E-state index < -0.39 is 20.9 Å². The van der Waals surface area contributed by atoms with Crippen LogP contribution in [0.4, 0.5) is 11.4 Å². The molecule has 3 rings (SSSR count). The van der Waals surface area contributed by atoms with E-state index in [1.165, 1.54) is 12.1 Å². The van der Waals surface area contributed by atoms with Crippen LogP contribution in [-0.2, 0) is 14.8 Å². The Morgan fingerprint density at radius 2 is 1.83 bits per heavy atom. The summed E-state index contributed by atoms with van der Waals surface area (Å²) in [6.45, 7) is 0.778. The summed E-state index contributed by atoms with van der Waals surface area (Å²) >= 11 is 1.65. The molecule has 36 heavy (non-hydrogen) atoms. The topological polar surface area (TPSA) is 122 Å². The van der Waals surface area contributed by atoms with Crippen molar-refractivity contribution in [3.05, 3.63) is 58.6 Å². The maximum absolute atomic E-state index is 12.8. The highest BCUT2D eigenvalue weighted by Crippen LogP contribution is 2.30. The van der Waals surface area contributed by atoms with Gasteiger partial charge in [0, 0.05) is 28.7 Å². The van der Waals surface area contributed by atoms with Crippen molar-refractivity contribution in [3.8, 4) is 0 Å². The molecule has 0 spiro atoms. The fourth-order valence-electron chi connectivity index (χ4n) is 4.14. The Hall–Kier alpha value is -2.63. The van der Waals surface area contributed by atoms with Crippen molar-refractivity contribution < 1.29 is 18.1 Å². The van der Waals surface area contributed by atoms with Gasteiger partial charge in [0.25, 0.3) is 15.7 Å². The molecule has 1 fully saturated rings. The Morgan fingerprint density at radius 3 is 2.47 bits per heavy atom. The lowest BCUT2D eigenvalue weighted by molar-refractivity contribution is -0.384. The van der Waals surface area contributed by atoms with Crippen LogP contribution in [-0.4, -0.2) is 56.6 Å². The minimum absolute atomic E-state index is 0.0928. The van der Waals surface area contributed by atoms with Gasteiger partial charge in [0.2, 0.25) is 5.91 Å². The van der Waals surface area contributed by atoms with Crippen molar-refractivity contribution in [1.82, 2.24) is 9.62 Å². The molecule has 0 unspecified atom stereocenters. The fourth-order valence-corrected chi connectivity index (χ4v) is 6.19. The molecule has 0 aromatic heterocycles. The number of nitro benzene ring substituents is 1. The van der Waals surface area contributed by atoms with Crippen molar-refractivity contribution in [2.24, 2.45) is 5.92 Å². The monoisotopic (exact) mass is 534 g/mol. The molecule has 9 nitrogen and oxygen atoms in total. The van der Waals surface area contributed by atoms with Gasteiger partial charge in [-0.15, -0.1) is 11.8 Å². The molecule has 1 saturated carbocycles. The Kier molecular flexibility index (Phi) is 10.1. The standard InChI is InChI=1S/C25H34N4O5S2/c1-28(2)16-15-20(18-35-21-11-7-4-8-12-21)26-23-14-13-22(17-24(23)29(31)32)36(33,34)27-25(30)19-9-5-3-6-10-19/h4,7-8,11-14,17,19-20,26H,3,5-6,9-10,15-16,18H2,1-2H3,(H,27,30)/t20-/m1/s1. The van der Waals surface area contributed by atoms with Crippen LogP contribution < -0.4 is 10.0 Å². The summed E-state index contributed by atoms with van der Waals surface area (Å²) in [6, 6.07) is 13.5. The lowest BCUT2D eigenvalue weighted by Crippen LogP contribution is -2.36. The van der Waals surface area contributed by atoms with E-state index in [4.69, 9.17) is 0 Å². The van der Waals surface area contributed by atoms with E-state index in [9.17, 15) is 23.3 Å². The normalized spacial score (nSPS) is 15.4. The summed E-state index contributed by atoms with van der Waals surface area (Å²) in [6.07, 6.45) is 4.86. The summed E-state index contributed by atoms with van der Waals surface area (Å²) in [5.41, 5.74) is -0.0995. The Bertz CT molecular complexity index is 1140. The molecule has 0 heterocycles. The van der Waals surface area contributed by atoms with Crippen LogP contribution in [0, 0.1) is 16.0 Å². The molecular weight excluding hydrogens is 500 g/mol. The number of nitrogens with one attached hydrogen (secondary N) is 2. The lowest BCUT2D eigenvalue weighted by atomic mass is 9.89. The molecule has 11 heteroatoms. The molecule has 0 bridgehead atoms. The fraction of sp³-hybridized carbons (Fsp3) is 0.480. The zero-order chi connectivity index (χ0) is 26.1. The van der Waals surface area contributed by atoms with Gasteiger partial charge in [-0.1, -0.05) is 37.5 Å². The number of hydrogen-bond acceptors (Lipinski definition) is 8. The maximum atomic E-state index is 12.8. The average Bonchev–Trinajstić information content (AvgIpc) is 2.86. The van der Waals surface area contributed by atoms with Gasteiger partial charge in [-0.05, 0) is 64.2 Å². The maximum Gasteiger partial charge on any atom is 0.293 e. The van der Waals surface area contributed by atoms with Crippen molar-refractivity contribution in [1.29, 1.82) is 0 Å². The summed E-state index contributed by atoms with van der Waals surface area (Å²) < 4.78 is 27.8. The van der Waals surface area contributed by atoms with E-state index in [0.717, 1.165) is 43.2 Å². The van der Waals surface area contributed by atoms with Crippen LogP contribution >= 0.6 is 11.8 Å². The van der Waals surface area contributed by atoms with E-state index in [-0.39, 0.29) is 28.2 Å². The molecule has 0 saturated heterocycles. The van der Waals surface area contributed by atoms with E-state index in [2.05, 4.69) is 10.0 Å².